The van der Waals surface area contributed by atoms with Gasteiger partial charge in [0.1, 0.15) is 18.2 Å². The molecular weight excluding hydrogens is 374 g/mol. The Morgan fingerprint density at radius 1 is 1.10 bits per heavy atom. The topological polar surface area (TPSA) is 90.9 Å². The summed E-state index contributed by atoms with van der Waals surface area (Å²) in [5, 5.41) is 2.56. The Bertz CT molecular complexity index is 708. The van der Waals surface area contributed by atoms with Crippen molar-refractivity contribution < 1.29 is 28.6 Å². The standard InChI is InChI=1S/C22H31NO6/c1-7-27-19(24)16(3)13-15(2)18(20(25)29-22(4,5)6)23-21(26)28-14-17-11-9-8-10-12-17/h8-12,15,18H,3,7,13-14H2,1-2,4-6H3,(H,23,26)/t15-,18-/m0/s1. The third-order valence-corrected chi connectivity index (χ3v) is 3.85. The second kappa shape index (κ2) is 11.2. The van der Waals surface area contributed by atoms with E-state index in [9.17, 15) is 14.4 Å². The van der Waals surface area contributed by atoms with E-state index < -0.39 is 35.6 Å². The fourth-order valence-corrected chi connectivity index (χ4v) is 2.51. The Kier molecular flexibility index (Phi) is 9.38. The molecule has 7 nitrogen and oxygen atoms in total. The lowest BCUT2D eigenvalue weighted by Crippen LogP contribution is -2.48. The van der Waals surface area contributed by atoms with Gasteiger partial charge >= 0.3 is 18.0 Å². The highest BCUT2D eigenvalue weighted by Gasteiger charge is 2.32. The van der Waals surface area contributed by atoms with Gasteiger partial charge in [0.15, 0.2) is 0 Å². The molecule has 1 aromatic carbocycles. The first-order valence-electron chi connectivity index (χ1n) is 9.58. The SMILES string of the molecule is C=C(C[C@H](C)[C@H](NC(=O)OCc1ccccc1)C(=O)OC(C)(C)C)C(=O)OCC. The zero-order valence-corrected chi connectivity index (χ0v) is 17.8. The predicted octanol–water partition coefficient (Wildman–Crippen LogP) is 3.77. The predicted molar refractivity (Wildman–Crippen MR) is 109 cm³/mol. The van der Waals surface area contributed by atoms with E-state index >= 15 is 0 Å². The van der Waals surface area contributed by atoms with E-state index in [-0.39, 0.29) is 25.2 Å². The summed E-state index contributed by atoms with van der Waals surface area (Å²) < 4.78 is 15.6. The van der Waals surface area contributed by atoms with Gasteiger partial charge in [0, 0.05) is 5.57 Å². The largest absolute Gasteiger partial charge is 0.463 e. The molecule has 0 aromatic heterocycles. The van der Waals surface area contributed by atoms with E-state index in [0.717, 1.165) is 5.56 Å². The molecule has 1 N–H and O–H groups in total. The van der Waals surface area contributed by atoms with Crippen molar-refractivity contribution in [3.8, 4) is 0 Å². The fourth-order valence-electron chi connectivity index (χ4n) is 2.51. The van der Waals surface area contributed by atoms with Crippen molar-refractivity contribution in [3.63, 3.8) is 0 Å². The molecule has 7 heteroatoms. The quantitative estimate of drug-likeness (QED) is 0.382. The van der Waals surface area contributed by atoms with E-state index in [4.69, 9.17) is 14.2 Å². The molecule has 0 spiro atoms. The first kappa shape index (κ1) is 24.2. The highest BCUT2D eigenvalue weighted by atomic mass is 16.6. The van der Waals surface area contributed by atoms with Gasteiger partial charge in [-0.25, -0.2) is 14.4 Å². The van der Waals surface area contributed by atoms with Crippen molar-refractivity contribution >= 4 is 18.0 Å². The van der Waals surface area contributed by atoms with E-state index in [1.807, 2.05) is 30.3 Å². The molecule has 0 aliphatic carbocycles. The number of nitrogens with one attached hydrogen (secondary N) is 1. The maximum absolute atomic E-state index is 12.6. The molecule has 0 aliphatic rings. The van der Waals surface area contributed by atoms with Crippen LogP contribution in [-0.2, 0) is 30.4 Å². The minimum Gasteiger partial charge on any atom is -0.463 e. The summed E-state index contributed by atoms with van der Waals surface area (Å²) in [6, 6.07) is 8.17. The summed E-state index contributed by atoms with van der Waals surface area (Å²) in [6.45, 7) is 12.6. The maximum Gasteiger partial charge on any atom is 0.408 e. The van der Waals surface area contributed by atoms with Crippen molar-refractivity contribution in [2.24, 2.45) is 5.92 Å². The number of benzene rings is 1. The van der Waals surface area contributed by atoms with Gasteiger partial charge in [-0.05, 0) is 45.6 Å². The molecule has 29 heavy (non-hydrogen) atoms. The lowest BCUT2D eigenvalue weighted by atomic mass is 9.94. The Balaban J connectivity index is 2.81. The molecule has 0 fully saturated rings. The Morgan fingerprint density at radius 3 is 2.28 bits per heavy atom. The second-order valence-corrected chi connectivity index (χ2v) is 7.72. The summed E-state index contributed by atoms with van der Waals surface area (Å²) in [6.07, 6.45) is -0.597. The first-order chi connectivity index (χ1) is 13.5. The van der Waals surface area contributed by atoms with Crippen molar-refractivity contribution in [3.05, 3.63) is 48.0 Å². The molecule has 0 saturated heterocycles. The lowest BCUT2D eigenvalue weighted by molar-refractivity contribution is -0.159. The van der Waals surface area contributed by atoms with Gasteiger partial charge in [0.05, 0.1) is 6.61 Å². The Labute approximate surface area is 172 Å². The van der Waals surface area contributed by atoms with Gasteiger partial charge in [0.2, 0.25) is 0 Å². The van der Waals surface area contributed by atoms with Gasteiger partial charge < -0.3 is 19.5 Å². The summed E-state index contributed by atoms with van der Waals surface area (Å²) in [7, 11) is 0. The van der Waals surface area contributed by atoms with Crippen LogP contribution in [0.5, 0.6) is 0 Å². The van der Waals surface area contributed by atoms with E-state index in [1.54, 1.807) is 34.6 Å². The fraction of sp³-hybridized carbons (Fsp3) is 0.500. The average molecular weight is 405 g/mol. The zero-order valence-electron chi connectivity index (χ0n) is 17.8. The van der Waals surface area contributed by atoms with Crippen molar-refractivity contribution in [1.29, 1.82) is 0 Å². The number of rotatable bonds is 9. The van der Waals surface area contributed by atoms with Crippen molar-refractivity contribution in [1.82, 2.24) is 5.32 Å². The Morgan fingerprint density at radius 2 is 1.72 bits per heavy atom. The van der Waals surface area contributed by atoms with Gasteiger partial charge in [-0.15, -0.1) is 0 Å². The van der Waals surface area contributed by atoms with Crippen LogP contribution in [0.3, 0.4) is 0 Å². The Hall–Kier alpha value is -2.83. The molecule has 1 aromatic rings. The molecule has 0 bridgehead atoms. The van der Waals surface area contributed by atoms with Crippen LogP contribution < -0.4 is 5.32 Å². The normalized spacial score (nSPS) is 13.0. The molecular formula is C22H31NO6. The van der Waals surface area contributed by atoms with Crippen molar-refractivity contribution in [2.45, 2.75) is 59.3 Å². The highest BCUT2D eigenvalue weighted by Crippen LogP contribution is 2.19. The maximum atomic E-state index is 12.6. The molecule has 0 unspecified atom stereocenters. The summed E-state index contributed by atoms with van der Waals surface area (Å²) >= 11 is 0. The van der Waals surface area contributed by atoms with E-state index in [0.29, 0.717) is 0 Å². The summed E-state index contributed by atoms with van der Waals surface area (Å²) in [5.74, 6) is -1.61. The monoisotopic (exact) mass is 405 g/mol. The third kappa shape index (κ3) is 9.27. The van der Waals surface area contributed by atoms with E-state index in [2.05, 4.69) is 11.9 Å². The molecule has 160 valence electrons. The van der Waals surface area contributed by atoms with Crippen LogP contribution in [0.15, 0.2) is 42.5 Å². The molecule has 0 heterocycles. The molecule has 0 radical (unpaired) electrons. The molecule has 2 atom stereocenters. The summed E-state index contributed by atoms with van der Waals surface area (Å²) in [4.78, 5) is 36.7. The number of hydrogen-bond donors (Lipinski definition) is 1. The van der Waals surface area contributed by atoms with Gasteiger partial charge in [0.25, 0.3) is 0 Å². The number of alkyl carbamates (subject to hydrolysis) is 1. The first-order valence-corrected chi connectivity index (χ1v) is 9.58. The van der Waals surface area contributed by atoms with Crippen LogP contribution in [0.2, 0.25) is 0 Å². The van der Waals surface area contributed by atoms with Crippen LogP contribution in [0.25, 0.3) is 0 Å². The third-order valence-electron chi connectivity index (χ3n) is 3.85. The lowest BCUT2D eigenvalue weighted by Gasteiger charge is -2.28. The number of hydrogen-bond acceptors (Lipinski definition) is 6. The number of carbonyl (C=O) groups excluding carboxylic acids is 3. The van der Waals surface area contributed by atoms with Crippen LogP contribution in [0.4, 0.5) is 4.79 Å². The number of esters is 2. The van der Waals surface area contributed by atoms with Gasteiger partial charge in [-0.1, -0.05) is 43.8 Å². The highest BCUT2D eigenvalue weighted by molar-refractivity contribution is 5.88. The van der Waals surface area contributed by atoms with Crippen LogP contribution >= 0.6 is 0 Å². The zero-order chi connectivity index (χ0) is 22.0. The number of ether oxygens (including phenoxy) is 3. The van der Waals surface area contributed by atoms with E-state index in [1.165, 1.54) is 0 Å². The minimum atomic E-state index is -1.01. The van der Waals surface area contributed by atoms with Crippen molar-refractivity contribution in [2.75, 3.05) is 6.61 Å². The smallest absolute Gasteiger partial charge is 0.408 e. The molecule has 0 saturated carbocycles. The molecule has 0 aliphatic heterocycles. The van der Waals surface area contributed by atoms with Crippen LogP contribution in [0, 0.1) is 5.92 Å². The second-order valence-electron chi connectivity index (χ2n) is 7.72. The average Bonchev–Trinajstić information content (AvgIpc) is 2.63. The van der Waals surface area contributed by atoms with Gasteiger partial charge in [-0.3, -0.25) is 0 Å². The molecule has 1 amide bonds. The van der Waals surface area contributed by atoms with Crippen LogP contribution in [-0.4, -0.2) is 36.3 Å². The number of carbonyl (C=O) groups is 3. The number of amides is 1. The molecule has 1 rings (SSSR count). The van der Waals surface area contributed by atoms with Crippen LogP contribution in [0.1, 0.15) is 46.6 Å². The van der Waals surface area contributed by atoms with Gasteiger partial charge in [-0.2, -0.15) is 0 Å². The minimum absolute atomic E-state index is 0.0671. The summed E-state index contributed by atoms with van der Waals surface area (Å²) in [5.41, 5.74) is 0.301.